The molecule has 12 heteroatoms. The van der Waals surface area contributed by atoms with E-state index in [1.807, 2.05) is 37.2 Å². The number of fused-ring (bicyclic) bond motifs is 1. The standard InChI is InChI=1S/C39H36ClFN4O6/c1-23(46)28-15-17-33(40)35(41)31(28)16-18-34(47)45-21-19-30-29(24-7-9-25(10-8-24)37(48)42-20-22-44(2)3)5-4-6-32(30)36(45)38(49)43-27-13-11-26(12-14-27)39(50)51/h4-18,36H,19-22H2,1-3H3,(H,42,48)(H,43,49)(H,50,51)/t36-/m0/s1. The summed E-state index contributed by atoms with van der Waals surface area (Å²) >= 11 is 5.98. The number of rotatable bonds is 11. The summed E-state index contributed by atoms with van der Waals surface area (Å²) in [6.45, 7) is 2.60. The average molecular weight is 711 g/mol. The lowest BCUT2D eigenvalue weighted by Gasteiger charge is -2.37. The lowest BCUT2D eigenvalue weighted by atomic mass is 9.85. The Bertz CT molecular complexity index is 2030. The van der Waals surface area contributed by atoms with E-state index in [0.29, 0.717) is 36.3 Å². The minimum absolute atomic E-state index is 0.0397. The van der Waals surface area contributed by atoms with Crippen molar-refractivity contribution in [2.24, 2.45) is 0 Å². The molecule has 3 N–H and O–H groups in total. The smallest absolute Gasteiger partial charge is 0.335 e. The van der Waals surface area contributed by atoms with Crippen LogP contribution in [0.15, 0.2) is 84.9 Å². The third-order valence-corrected chi connectivity index (χ3v) is 8.85. The van der Waals surface area contributed by atoms with Crippen LogP contribution in [0, 0.1) is 5.82 Å². The van der Waals surface area contributed by atoms with Gasteiger partial charge in [-0.25, -0.2) is 9.18 Å². The molecule has 0 unspecified atom stereocenters. The molecular weight excluding hydrogens is 675 g/mol. The van der Waals surface area contributed by atoms with Crippen LogP contribution in [0.25, 0.3) is 17.2 Å². The van der Waals surface area contributed by atoms with Gasteiger partial charge in [0.25, 0.3) is 11.8 Å². The second kappa shape index (κ2) is 15.9. The van der Waals surface area contributed by atoms with Gasteiger partial charge in [-0.15, -0.1) is 0 Å². The van der Waals surface area contributed by atoms with Gasteiger partial charge in [0.15, 0.2) is 5.78 Å². The zero-order valence-corrected chi connectivity index (χ0v) is 29.0. The third-order valence-electron chi connectivity index (χ3n) is 8.56. The van der Waals surface area contributed by atoms with Crippen LogP contribution in [-0.2, 0) is 16.0 Å². The van der Waals surface area contributed by atoms with Gasteiger partial charge in [-0.1, -0.05) is 41.9 Å². The molecule has 3 amide bonds. The molecule has 5 rings (SSSR count). The highest BCUT2D eigenvalue weighted by Crippen LogP contribution is 2.37. The molecule has 4 aromatic rings. The van der Waals surface area contributed by atoms with Crippen molar-refractivity contribution in [1.82, 2.24) is 15.1 Å². The van der Waals surface area contributed by atoms with E-state index in [0.717, 1.165) is 22.8 Å². The molecule has 0 aromatic heterocycles. The minimum Gasteiger partial charge on any atom is -0.478 e. The summed E-state index contributed by atoms with van der Waals surface area (Å²) in [4.78, 5) is 67.4. The maximum atomic E-state index is 15.0. The van der Waals surface area contributed by atoms with E-state index < -0.39 is 35.4 Å². The Morgan fingerprint density at radius 1 is 0.961 bits per heavy atom. The molecule has 0 radical (unpaired) electrons. The number of carbonyl (C=O) groups is 5. The van der Waals surface area contributed by atoms with Gasteiger partial charge < -0.3 is 25.5 Å². The van der Waals surface area contributed by atoms with Gasteiger partial charge in [-0.05, 0) is 104 Å². The van der Waals surface area contributed by atoms with Crippen LogP contribution < -0.4 is 10.6 Å². The molecule has 0 saturated heterocycles. The number of carboxylic acids is 1. The number of anilines is 1. The number of nitrogens with zero attached hydrogens (tertiary/aromatic N) is 2. The Labute approximate surface area is 299 Å². The summed E-state index contributed by atoms with van der Waals surface area (Å²) in [6, 6.07) is 19.7. The lowest BCUT2D eigenvalue weighted by molar-refractivity contribution is -0.135. The molecule has 0 aliphatic carbocycles. The van der Waals surface area contributed by atoms with Gasteiger partial charge in [0.1, 0.15) is 11.9 Å². The first-order valence-electron chi connectivity index (χ1n) is 16.1. The monoisotopic (exact) mass is 710 g/mol. The van der Waals surface area contributed by atoms with Crippen molar-refractivity contribution in [2.75, 3.05) is 39.0 Å². The third kappa shape index (κ3) is 8.39. The van der Waals surface area contributed by atoms with Gasteiger partial charge in [0.2, 0.25) is 5.91 Å². The number of nitrogens with one attached hydrogen (secondary N) is 2. The van der Waals surface area contributed by atoms with Crippen molar-refractivity contribution in [3.8, 4) is 11.1 Å². The molecule has 10 nitrogen and oxygen atoms in total. The van der Waals surface area contributed by atoms with E-state index in [1.165, 1.54) is 54.3 Å². The number of carboxylic acid groups (broad SMARTS) is 1. The Balaban J connectivity index is 1.49. The number of ketones is 1. The number of hydrogen-bond acceptors (Lipinski definition) is 6. The molecular formula is C39H36ClFN4O6. The largest absolute Gasteiger partial charge is 0.478 e. The van der Waals surface area contributed by atoms with E-state index in [4.69, 9.17) is 11.6 Å². The predicted octanol–water partition coefficient (Wildman–Crippen LogP) is 6.12. The molecule has 1 atom stereocenters. The lowest BCUT2D eigenvalue weighted by Crippen LogP contribution is -2.45. The zero-order valence-electron chi connectivity index (χ0n) is 28.2. The van der Waals surface area contributed by atoms with Gasteiger partial charge in [0.05, 0.1) is 10.6 Å². The van der Waals surface area contributed by atoms with Crippen LogP contribution in [0.3, 0.4) is 0 Å². The van der Waals surface area contributed by atoms with Gasteiger partial charge in [0, 0.05) is 48.1 Å². The van der Waals surface area contributed by atoms with E-state index in [2.05, 4.69) is 10.6 Å². The van der Waals surface area contributed by atoms with Crippen LogP contribution >= 0.6 is 11.6 Å². The predicted molar refractivity (Wildman–Crippen MR) is 193 cm³/mol. The second-order valence-corrected chi connectivity index (χ2v) is 12.7. The molecule has 262 valence electrons. The Hall–Kier alpha value is -5.65. The molecule has 51 heavy (non-hydrogen) atoms. The number of amides is 3. The summed E-state index contributed by atoms with van der Waals surface area (Å²) in [5.74, 6) is -3.74. The van der Waals surface area contributed by atoms with Crippen LogP contribution in [0.1, 0.15) is 60.7 Å². The molecule has 0 fully saturated rings. The number of Topliss-reactive ketones (excluding diaryl/α,β-unsaturated/α-hetero) is 1. The van der Waals surface area contributed by atoms with Crippen molar-refractivity contribution < 1.29 is 33.5 Å². The number of halogens is 2. The summed E-state index contributed by atoms with van der Waals surface area (Å²) < 4.78 is 15.0. The normalized spacial score (nSPS) is 13.9. The number of hydrogen-bond donors (Lipinski definition) is 3. The number of carbonyl (C=O) groups excluding carboxylic acids is 4. The topological polar surface area (TPSA) is 136 Å². The molecule has 0 saturated carbocycles. The summed E-state index contributed by atoms with van der Waals surface area (Å²) in [7, 11) is 3.85. The highest BCUT2D eigenvalue weighted by molar-refractivity contribution is 6.31. The molecule has 1 heterocycles. The maximum Gasteiger partial charge on any atom is 0.335 e. The highest BCUT2D eigenvalue weighted by atomic mass is 35.5. The number of benzene rings is 4. The Kier molecular flexibility index (Phi) is 11.4. The van der Waals surface area contributed by atoms with Crippen molar-refractivity contribution in [1.29, 1.82) is 0 Å². The van der Waals surface area contributed by atoms with Crippen LogP contribution in [0.5, 0.6) is 0 Å². The van der Waals surface area contributed by atoms with Crippen molar-refractivity contribution in [2.45, 2.75) is 19.4 Å². The highest BCUT2D eigenvalue weighted by Gasteiger charge is 2.36. The fraction of sp³-hybridized carbons (Fsp3) is 0.205. The zero-order chi connectivity index (χ0) is 36.8. The van der Waals surface area contributed by atoms with Gasteiger partial charge >= 0.3 is 5.97 Å². The van der Waals surface area contributed by atoms with E-state index in [9.17, 15) is 29.1 Å². The Morgan fingerprint density at radius 3 is 2.29 bits per heavy atom. The molecule has 0 spiro atoms. The quantitative estimate of drug-likeness (QED) is 0.126. The van der Waals surface area contributed by atoms with Crippen molar-refractivity contribution in [3.05, 3.63) is 129 Å². The number of likely N-dealkylation sites (N-methyl/N-ethyl adjacent to an activating group) is 1. The van der Waals surface area contributed by atoms with E-state index in [-0.39, 0.29) is 34.2 Å². The Morgan fingerprint density at radius 2 is 1.65 bits per heavy atom. The van der Waals surface area contributed by atoms with Gasteiger partial charge in [-0.3, -0.25) is 19.2 Å². The molecule has 1 aliphatic heterocycles. The molecule has 1 aliphatic rings. The first kappa shape index (κ1) is 36.6. The molecule has 4 aromatic carbocycles. The van der Waals surface area contributed by atoms with Gasteiger partial charge in [-0.2, -0.15) is 0 Å². The molecule has 0 bridgehead atoms. The maximum absolute atomic E-state index is 15.0. The van der Waals surface area contributed by atoms with Crippen LogP contribution in [0.2, 0.25) is 5.02 Å². The second-order valence-electron chi connectivity index (χ2n) is 12.3. The summed E-state index contributed by atoms with van der Waals surface area (Å²) in [5.41, 5.74) is 3.79. The summed E-state index contributed by atoms with van der Waals surface area (Å²) in [5, 5.41) is 14.8. The van der Waals surface area contributed by atoms with E-state index >= 15 is 4.39 Å². The van der Waals surface area contributed by atoms with Crippen LogP contribution in [-0.4, -0.2) is 78.1 Å². The fourth-order valence-electron chi connectivity index (χ4n) is 5.95. The summed E-state index contributed by atoms with van der Waals surface area (Å²) in [6.07, 6.45) is 2.67. The minimum atomic E-state index is -1.14. The number of aromatic carboxylic acids is 1. The van der Waals surface area contributed by atoms with Crippen LogP contribution in [0.4, 0.5) is 10.1 Å². The van der Waals surface area contributed by atoms with Crippen molar-refractivity contribution in [3.63, 3.8) is 0 Å². The average Bonchev–Trinajstić information content (AvgIpc) is 3.11. The SMILES string of the molecule is CC(=O)c1ccc(Cl)c(F)c1C=CC(=O)N1CCc2c(-c3ccc(C(=O)NCCN(C)C)cc3)cccc2[C@H]1C(=O)Nc1ccc(C(=O)O)cc1. The first-order chi connectivity index (χ1) is 24.3. The van der Waals surface area contributed by atoms with E-state index in [1.54, 1.807) is 24.3 Å². The first-order valence-corrected chi connectivity index (χ1v) is 16.5. The fourth-order valence-corrected chi connectivity index (χ4v) is 6.11. The van der Waals surface area contributed by atoms with Crippen molar-refractivity contribution >= 4 is 52.8 Å².